The van der Waals surface area contributed by atoms with Crippen molar-refractivity contribution in [2.75, 3.05) is 0 Å². The molecule has 0 spiro atoms. The summed E-state index contributed by atoms with van der Waals surface area (Å²) in [6.07, 6.45) is 1.78. The summed E-state index contributed by atoms with van der Waals surface area (Å²) in [6.45, 7) is 3.47. The minimum absolute atomic E-state index is 0.885. The smallest absolute Gasteiger partial charge is 0.0703 e. The molecule has 0 radical (unpaired) electrons. The summed E-state index contributed by atoms with van der Waals surface area (Å²) in [5, 5.41) is 1.10. The maximum atomic E-state index is 4.19. The molecule has 2 nitrogen and oxygen atoms in total. The van der Waals surface area contributed by atoms with Gasteiger partial charge in [0.15, 0.2) is 0 Å². The van der Waals surface area contributed by atoms with Crippen molar-refractivity contribution in [3.63, 3.8) is 0 Å². The van der Waals surface area contributed by atoms with Crippen LogP contribution >= 0.6 is 0 Å². The van der Waals surface area contributed by atoms with Crippen LogP contribution in [-0.2, 0) is 0 Å². The number of hydrogen-bond donors (Lipinski definition) is 0. The molecule has 0 atom stereocenters. The van der Waals surface area contributed by atoms with E-state index in [4.69, 9.17) is 0 Å². The molecule has 2 rings (SSSR count). The van der Waals surface area contributed by atoms with E-state index in [1.54, 1.807) is 6.20 Å². The lowest BCUT2D eigenvalue weighted by molar-refractivity contribution is 1.41. The molecule has 0 aliphatic rings. The highest BCUT2D eigenvalue weighted by Crippen LogP contribution is 2.18. The highest BCUT2D eigenvalue weighted by molar-refractivity contribution is 5.81. The molecule has 0 fully saturated rings. The van der Waals surface area contributed by atoms with Gasteiger partial charge in [0, 0.05) is 11.6 Å². The first-order chi connectivity index (χ1) is 5.90. The third-order valence-electron chi connectivity index (χ3n) is 1.77. The van der Waals surface area contributed by atoms with Crippen molar-refractivity contribution >= 4 is 23.3 Å². The molecular formula is C10H8N2. The molecule has 0 amide bonds. The van der Waals surface area contributed by atoms with Crippen LogP contribution in [0.1, 0.15) is 0 Å². The SMILES string of the molecule is C=Nc1ccc2ncccc2c1. The van der Waals surface area contributed by atoms with E-state index in [1.807, 2.05) is 30.3 Å². The average Bonchev–Trinajstić information content (AvgIpc) is 2.17. The minimum atomic E-state index is 0.885. The molecule has 12 heavy (non-hydrogen) atoms. The summed E-state index contributed by atoms with van der Waals surface area (Å²) in [5.41, 5.74) is 1.88. The van der Waals surface area contributed by atoms with E-state index in [0.29, 0.717) is 0 Å². The predicted octanol–water partition coefficient (Wildman–Crippen LogP) is 2.57. The third-order valence-corrected chi connectivity index (χ3v) is 1.77. The van der Waals surface area contributed by atoms with Gasteiger partial charge >= 0.3 is 0 Å². The number of nitrogens with zero attached hydrogens (tertiary/aromatic N) is 2. The van der Waals surface area contributed by atoms with Gasteiger partial charge in [-0.25, -0.2) is 0 Å². The van der Waals surface area contributed by atoms with Gasteiger partial charge in [-0.3, -0.25) is 9.98 Å². The Kier molecular flexibility index (Phi) is 1.59. The third kappa shape index (κ3) is 1.07. The van der Waals surface area contributed by atoms with Crippen molar-refractivity contribution in [2.24, 2.45) is 4.99 Å². The monoisotopic (exact) mass is 156 g/mol. The van der Waals surface area contributed by atoms with Crippen LogP contribution in [0.3, 0.4) is 0 Å². The molecule has 0 saturated carbocycles. The van der Waals surface area contributed by atoms with Crippen LogP contribution in [0, 0.1) is 0 Å². The summed E-state index contributed by atoms with van der Waals surface area (Å²) in [6, 6.07) is 9.74. The van der Waals surface area contributed by atoms with Crippen LogP contribution in [0.15, 0.2) is 41.5 Å². The number of benzene rings is 1. The number of pyridine rings is 1. The van der Waals surface area contributed by atoms with Crippen molar-refractivity contribution in [1.82, 2.24) is 4.98 Å². The Labute approximate surface area is 70.6 Å². The zero-order chi connectivity index (χ0) is 8.39. The molecule has 1 heterocycles. The zero-order valence-electron chi connectivity index (χ0n) is 6.57. The Morgan fingerprint density at radius 2 is 2.17 bits per heavy atom. The van der Waals surface area contributed by atoms with E-state index in [-0.39, 0.29) is 0 Å². The number of hydrogen-bond acceptors (Lipinski definition) is 2. The Hall–Kier alpha value is -1.70. The summed E-state index contributed by atoms with van der Waals surface area (Å²) in [4.78, 5) is 8.04. The second-order valence-electron chi connectivity index (χ2n) is 2.54. The second-order valence-corrected chi connectivity index (χ2v) is 2.54. The highest BCUT2D eigenvalue weighted by Gasteiger charge is 1.92. The average molecular weight is 156 g/mol. The van der Waals surface area contributed by atoms with E-state index in [0.717, 1.165) is 16.6 Å². The van der Waals surface area contributed by atoms with Gasteiger partial charge in [-0.2, -0.15) is 0 Å². The Morgan fingerprint density at radius 1 is 1.25 bits per heavy atom. The summed E-state index contributed by atoms with van der Waals surface area (Å²) in [7, 11) is 0. The normalized spacial score (nSPS) is 10.0. The highest BCUT2D eigenvalue weighted by atomic mass is 14.7. The fourth-order valence-electron chi connectivity index (χ4n) is 1.16. The summed E-state index contributed by atoms with van der Waals surface area (Å²) >= 11 is 0. The molecule has 0 aliphatic heterocycles. The van der Waals surface area contributed by atoms with Crippen molar-refractivity contribution in [2.45, 2.75) is 0 Å². The molecule has 0 aliphatic carbocycles. The minimum Gasteiger partial charge on any atom is -0.265 e. The molecule has 1 aromatic carbocycles. The van der Waals surface area contributed by atoms with E-state index >= 15 is 0 Å². The lowest BCUT2D eigenvalue weighted by Gasteiger charge is -1.96. The van der Waals surface area contributed by atoms with Crippen LogP contribution in [0.4, 0.5) is 5.69 Å². The van der Waals surface area contributed by atoms with E-state index in [9.17, 15) is 0 Å². The first-order valence-electron chi connectivity index (χ1n) is 3.72. The number of aliphatic imine (C=N–C) groups is 1. The van der Waals surface area contributed by atoms with E-state index in [2.05, 4.69) is 16.7 Å². The van der Waals surface area contributed by atoms with E-state index in [1.165, 1.54) is 0 Å². The topological polar surface area (TPSA) is 25.2 Å². The van der Waals surface area contributed by atoms with Crippen LogP contribution in [0.5, 0.6) is 0 Å². The molecule has 1 aromatic heterocycles. The number of fused-ring (bicyclic) bond motifs is 1. The first kappa shape index (κ1) is 6.98. The number of aromatic nitrogens is 1. The van der Waals surface area contributed by atoms with Crippen molar-refractivity contribution in [3.8, 4) is 0 Å². The molecular weight excluding hydrogens is 148 g/mol. The molecule has 58 valence electrons. The maximum absolute atomic E-state index is 4.19. The van der Waals surface area contributed by atoms with Crippen molar-refractivity contribution < 1.29 is 0 Å². The lowest BCUT2D eigenvalue weighted by Crippen LogP contribution is -1.75. The summed E-state index contributed by atoms with van der Waals surface area (Å²) < 4.78 is 0. The van der Waals surface area contributed by atoms with Gasteiger partial charge in [0.1, 0.15) is 0 Å². The Bertz CT molecular complexity index is 421. The van der Waals surface area contributed by atoms with E-state index < -0.39 is 0 Å². The van der Waals surface area contributed by atoms with Gasteiger partial charge in [0.2, 0.25) is 0 Å². The van der Waals surface area contributed by atoms with Crippen molar-refractivity contribution in [1.29, 1.82) is 0 Å². The molecule has 0 bridgehead atoms. The zero-order valence-corrected chi connectivity index (χ0v) is 6.57. The Balaban J connectivity index is 2.75. The molecule has 0 N–H and O–H groups in total. The van der Waals surface area contributed by atoms with Gasteiger partial charge < -0.3 is 0 Å². The summed E-state index contributed by atoms with van der Waals surface area (Å²) in [5.74, 6) is 0. The molecule has 2 aromatic rings. The first-order valence-corrected chi connectivity index (χ1v) is 3.72. The second kappa shape index (κ2) is 2.74. The number of rotatable bonds is 1. The van der Waals surface area contributed by atoms with Crippen LogP contribution < -0.4 is 0 Å². The van der Waals surface area contributed by atoms with Crippen LogP contribution in [-0.4, -0.2) is 11.7 Å². The van der Waals surface area contributed by atoms with Gasteiger partial charge in [0.05, 0.1) is 11.2 Å². The largest absolute Gasteiger partial charge is 0.265 e. The van der Waals surface area contributed by atoms with Crippen LogP contribution in [0.2, 0.25) is 0 Å². The quantitative estimate of drug-likeness (QED) is 0.582. The predicted molar refractivity (Wildman–Crippen MR) is 51.0 cm³/mol. The Morgan fingerprint density at radius 3 is 3.00 bits per heavy atom. The molecule has 2 heteroatoms. The van der Waals surface area contributed by atoms with Gasteiger partial charge in [0.25, 0.3) is 0 Å². The van der Waals surface area contributed by atoms with Crippen LogP contribution in [0.25, 0.3) is 10.9 Å². The standard InChI is InChI=1S/C10H8N2/c1-11-9-4-5-10-8(7-9)3-2-6-12-10/h2-7H,1H2. The van der Waals surface area contributed by atoms with Gasteiger partial charge in [-0.05, 0) is 31.0 Å². The van der Waals surface area contributed by atoms with Gasteiger partial charge in [-0.1, -0.05) is 6.07 Å². The van der Waals surface area contributed by atoms with Crippen molar-refractivity contribution in [3.05, 3.63) is 36.5 Å². The lowest BCUT2D eigenvalue weighted by atomic mass is 10.2. The molecule has 0 unspecified atom stereocenters. The maximum Gasteiger partial charge on any atom is 0.0703 e. The van der Waals surface area contributed by atoms with Gasteiger partial charge in [-0.15, -0.1) is 0 Å². The fraction of sp³-hybridized carbons (Fsp3) is 0. The fourth-order valence-corrected chi connectivity index (χ4v) is 1.16. The molecule has 0 saturated heterocycles.